The predicted octanol–water partition coefficient (Wildman–Crippen LogP) is 5.68. The summed E-state index contributed by atoms with van der Waals surface area (Å²) < 4.78 is 7.07. The Labute approximate surface area is 202 Å². The van der Waals surface area contributed by atoms with Crippen LogP contribution in [0.15, 0.2) is 70.6 Å². The van der Waals surface area contributed by atoms with Gasteiger partial charge in [0.1, 0.15) is 5.75 Å². The van der Waals surface area contributed by atoms with Crippen LogP contribution in [0.4, 0.5) is 5.69 Å². The number of ether oxygens (including phenoxy) is 1. The van der Waals surface area contributed by atoms with E-state index < -0.39 is 4.92 Å². The summed E-state index contributed by atoms with van der Waals surface area (Å²) in [5.74, 6) is 1.32. The fraction of sp³-hybridized carbons (Fsp3) is 0.222. The summed E-state index contributed by atoms with van der Waals surface area (Å²) in [4.78, 5) is 29.3. The number of hydrogen-bond acceptors (Lipinski definition) is 6. The van der Waals surface area contributed by atoms with Crippen molar-refractivity contribution in [3.8, 4) is 17.1 Å². The van der Waals surface area contributed by atoms with E-state index in [9.17, 15) is 14.9 Å². The summed E-state index contributed by atoms with van der Waals surface area (Å²) in [6.45, 7) is 8.56. The standard InChI is InChI=1S/C27H26N4O4/c1-5-35-25-14-18(4)22(15-21(25)17(2)3)26-29-23-12-8-7-11-20(23)27(32)30(26)28-16-19-10-6-9-13-24(19)31(33)34/h6-17H,5H2,1-4H3. The number of hydrogen-bond donors (Lipinski definition) is 0. The van der Waals surface area contributed by atoms with Crippen LogP contribution in [0.1, 0.15) is 43.4 Å². The molecule has 0 spiro atoms. The van der Waals surface area contributed by atoms with Gasteiger partial charge in [-0.05, 0) is 61.2 Å². The molecule has 3 aromatic carbocycles. The van der Waals surface area contributed by atoms with Gasteiger partial charge in [-0.3, -0.25) is 14.9 Å². The molecule has 0 atom stereocenters. The molecule has 0 saturated carbocycles. The van der Waals surface area contributed by atoms with E-state index in [1.807, 2.05) is 32.0 Å². The number of rotatable bonds is 7. The molecule has 0 N–H and O–H groups in total. The van der Waals surface area contributed by atoms with E-state index in [4.69, 9.17) is 9.72 Å². The molecule has 178 valence electrons. The molecule has 4 rings (SSSR count). The van der Waals surface area contributed by atoms with Gasteiger partial charge in [0.2, 0.25) is 0 Å². The van der Waals surface area contributed by atoms with Gasteiger partial charge in [-0.15, -0.1) is 0 Å². The van der Waals surface area contributed by atoms with Crippen LogP contribution in [-0.4, -0.2) is 27.4 Å². The van der Waals surface area contributed by atoms with Gasteiger partial charge in [-0.1, -0.05) is 38.1 Å². The van der Waals surface area contributed by atoms with Crippen LogP contribution < -0.4 is 10.3 Å². The van der Waals surface area contributed by atoms with Crippen molar-refractivity contribution in [3.05, 3.63) is 97.8 Å². The van der Waals surface area contributed by atoms with Gasteiger partial charge in [0.15, 0.2) is 5.82 Å². The van der Waals surface area contributed by atoms with Crippen LogP contribution in [0.2, 0.25) is 0 Å². The van der Waals surface area contributed by atoms with E-state index in [-0.39, 0.29) is 22.7 Å². The molecule has 0 amide bonds. The second-order valence-electron chi connectivity index (χ2n) is 8.42. The molecule has 0 aliphatic carbocycles. The number of nitro groups is 1. The highest BCUT2D eigenvalue weighted by atomic mass is 16.6. The van der Waals surface area contributed by atoms with Gasteiger partial charge in [0.25, 0.3) is 11.2 Å². The summed E-state index contributed by atoms with van der Waals surface area (Å²) >= 11 is 0. The average molecular weight is 471 g/mol. The smallest absolute Gasteiger partial charge is 0.282 e. The molecule has 0 aliphatic rings. The second-order valence-corrected chi connectivity index (χ2v) is 8.42. The highest BCUT2D eigenvalue weighted by molar-refractivity contribution is 5.86. The third kappa shape index (κ3) is 4.68. The Bertz CT molecular complexity index is 1510. The zero-order valence-corrected chi connectivity index (χ0v) is 20.1. The summed E-state index contributed by atoms with van der Waals surface area (Å²) in [6.07, 6.45) is 1.33. The molecule has 4 aromatic rings. The van der Waals surface area contributed by atoms with Gasteiger partial charge in [0, 0.05) is 11.6 Å². The molecular weight excluding hydrogens is 444 g/mol. The Morgan fingerprint density at radius 2 is 1.86 bits per heavy atom. The second kappa shape index (κ2) is 9.89. The summed E-state index contributed by atoms with van der Waals surface area (Å²) in [7, 11) is 0. The molecular formula is C27H26N4O4. The Morgan fingerprint density at radius 3 is 2.57 bits per heavy atom. The largest absolute Gasteiger partial charge is 0.494 e. The van der Waals surface area contributed by atoms with Gasteiger partial charge < -0.3 is 4.74 Å². The van der Waals surface area contributed by atoms with Crippen molar-refractivity contribution in [1.29, 1.82) is 0 Å². The third-order valence-electron chi connectivity index (χ3n) is 5.72. The topological polar surface area (TPSA) is 99.6 Å². The van der Waals surface area contributed by atoms with E-state index >= 15 is 0 Å². The van der Waals surface area contributed by atoms with Crippen LogP contribution >= 0.6 is 0 Å². The Hall–Kier alpha value is -4.33. The van der Waals surface area contributed by atoms with Gasteiger partial charge in [0.05, 0.1) is 34.2 Å². The van der Waals surface area contributed by atoms with Crippen LogP contribution in [0.3, 0.4) is 0 Å². The van der Waals surface area contributed by atoms with Crippen LogP contribution in [0.5, 0.6) is 5.75 Å². The first kappa shape index (κ1) is 23.8. The number of fused-ring (bicyclic) bond motifs is 1. The number of aromatic nitrogens is 2. The lowest BCUT2D eigenvalue weighted by molar-refractivity contribution is -0.385. The van der Waals surface area contributed by atoms with Crippen molar-refractivity contribution in [3.63, 3.8) is 0 Å². The number of nitro benzene ring substituents is 1. The minimum atomic E-state index is -0.477. The van der Waals surface area contributed by atoms with Crippen LogP contribution in [-0.2, 0) is 0 Å². The summed E-state index contributed by atoms with van der Waals surface area (Å²) in [5.41, 5.74) is 2.97. The number of para-hydroxylation sites is 2. The molecule has 8 nitrogen and oxygen atoms in total. The molecule has 1 heterocycles. The maximum Gasteiger partial charge on any atom is 0.282 e. The lowest BCUT2D eigenvalue weighted by Crippen LogP contribution is -2.21. The highest BCUT2D eigenvalue weighted by Gasteiger charge is 2.19. The molecule has 8 heteroatoms. The van der Waals surface area contributed by atoms with Crippen molar-refractivity contribution < 1.29 is 9.66 Å². The number of benzene rings is 3. The highest BCUT2D eigenvalue weighted by Crippen LogP contribution is 2.34. The Kier molecular flexibility index (Phi) is 6.73. The lowest BCUT2D eigenvalue weighted by atomic mass is 9.96. The molecule has 0 saturated heterocycles. The van der Waals surface area contributed by atoms with Gasteiger partial charge in [-0.2, -0.15) is 9.78 Å². The third-order valence-corrected chi connectivity index (χ3v) is 5.72. The Morgan fingerprint density at radius 1 is 1.14 bits per heavy atom. The maximum absolute atomic E-state index is 13.5. The van der Waals surface area contributed by atoms with Crippen molar-refractivity contribution in [2.75, 3.05) is 6.61 Å². The fourth-order valence-electron chi connectivity index (χ4n) is 3.96. The maximum atomic E-state index is 13.5. The van der Waals surface area contributed by atoms with Crippen LogP contribution in [0.25, 0.3) is 22.3 Å². The first-order chi connectivity index (χ1) is 16.8. The first-order valence-corrected chi connectivity index (χ1v) is 11.4. The normalized spacial score (nSPS) is 11.5. The van der Waals surface area contributed by atoms with Crippen molar-refractivity contribution in [1.82, 2.24) is 9.66 Å². The molecule has 0 fully saturated rings. The molecule has 0 radical (unpaired) electrons. The minimum absolute atomic E-state index is 0.0982. The number of aryl methyl sites for hydroxylation is 1. The number of nitrogens with zero attached hydrogens (tertiary/aromatic N) is 4. The Balaban J connectivity index is 1.99. The quantitative estimate of drug-likeness (QED) is 0.196. The monoisotopic (exact) mass is 470 g/mol. The average Bonchev–Trinajstić information content (AvgIpc) is 2.83. The zero-order chi connectivity index (χ0) is 25.1. The minimum Gasteiger partial charge on any atom is -0.494 e. The van der Waals surface area contributed by atoms with Crippen LogP contribution in [0, 0.1) is 17.0 Å². The van der Waals surface area contributed by atoms with Crippen molar-refractivity contribution in [2.45, 2.75) is 33.6 Å². The fourth-order valence-corrected chi connectivity index (χ4v) is 3.96. The molecule has 0 bridgehead atoms. The van der Waals surface area contributed by atoms with Gasteiger partial charge >= 0.3 is 0 Å². The van der Waals surface area contributed by atoms with E-state index in [0.29, 0.717) is 23.3 Å². The first-order valence-electron chi connectivity index (χ1n) is 11.4. The molecule has 1 aromatic heterocycles. The molecule has 0 aliphatic heterocycles. The zero-order valence-electron chi connectivity index (χ0n) is 20.1. The predicted molar refractivity (Wildman–Crippen MR) is 138 cm³/mol. The van der Waals surface area contributed by atoms with E-state index in [1.165, 1.54) is 17.0 Å². The van der Waals surface area contributed by atoms with Crippen molar-refractivity contribution in [2.24, 2.45) is 5.10 Å². The molecule has 0 unspecified atom stereocenters. The summed E-state index contributed by atoms with van der Waals surface area (Å²) in [6, 6.07) is 17.2. The van der Waals surface area contributed by atoms with Crippen molar-refractivity contribution >= 4 is 22.8 Å². The van der Waals surface area contributed by atoms with Gasteiger partial charge in [-0.25, -0.2) is 4.98 Å². The lowest BCUT2D eigenvalue weighted by Gasteiger charge is -2.18. The van der Waals surface area contributed by atoms with E-state index in [2.05, 4.69) is 18.9 Å². The summed E-state index contributed by atoms with van der Waals surface area (Å²) in [5, 5.41) is 16.3. The van der Waals surface area contributed by atoms with E-state index in [1.54, 1.807) is 36.4 Å². The molecule has 35 heavy (non-hydrogen) atoms. The SMILES string of the molecule is CCOc1cc(C)c(-c2nc3ccccc3c(=O)n2N=Cc2ccccc2[N+](=O)[O-])cc1C(C)C. The van der Waals surface area contributed by atoms with E-state index in [0.717, 1.165) is 22.4 Å².